The molecule has 0 unspecified atom stereocenters. The SMILES string of the molecule is COc1ccc(Cl)cc1NC(=O)C[C@@H](CN)CC(C)C. The summed E-state index contributed by atoms with van der Waals surface area (Å²) in [6.07, 6.45) is 1.35. The van der Waals surface area contributed by atoms with Gasteiger partial charge in [-0.1, -0.05) is 25.4 Å². The van der Waals surface area contributed by atoms with Crippen LogP contribution in [-0.2, 0) is 4.79 Å². The van der Waals surface area contributed by atoms with Gasteiger partial charge in [0.1, 0.15) is 5.75 Å². The Morgan fingerprint density at radius 3 is 2.70 bits per heavy atom. The van der Waals surface area contributed by atoms with Crippen LogP contribution in [0.1, 0.15) is 26.7 Å². The Balaban J connectivity index is 2.68. The van der Waals surface area contributed by atoms with Crippen LogP contribution in [-0.4, -0.2) is 19.6 Å². The van der Waals surface area contributed by atoms with E-state index < -0.39 is 0 Å². The molecule has 0 spiro atoms. The monoisotopic (exact) mass is 298 g/mol. The van der Waals surface area contributed by atoms with Crippen LogP contribution in [0.15, 0.2) is 18.2 Å². The third-order valence-corrected chi connectivity index (χ3v) is 3.28. The minimum absolute atomic E-state index is 0.0679. The first kappa shape index (κ1) is 16.8. The number of ether oxygens (including phenoxy) is 1. The molecule has 0 fully saturated rings. The number of rotatable bonds is 7. The van der Waals surface area contributed by atoms with Gasteiger partial charge < -0.3 is 15.8 Å². The van der Waals surface area contributed by atoms with Crippen LogP contribution in [0, 0.1) is 11.8 Å². The summed E-state index contributed by atoms with van der Waals surface area (Å²) in [5.74, 6) is 1.25. The molecule has 0 saturated carbocycles. The van der Waals surface area contributed by atoms with E-state index in [2.05, 4.69) is 19.2 Å². The van der Waals surface area contributed by atoms with Crippen molar-refractivity contribution in [3.63, 3.8) is 0 Å². The van der Waals surface area contributed by atoms with Crippen molar-refractivity contribution in [3.05, 3.63) is 23.2 Å². The van der Waals surface area contributed by atoms with Crippen molar-refractivity contribution in [2.45, 2.75) is 26.7 Å². The molecule has 1 amide bonds. The van der Waals surface area contributed by atoms with Crippen LogP contribution in [0.3, 0.4) is 0 Å². The van der Waals surface area contributed by atoms with Crippen molar-refractivity contribution >= 4 is 23.2 Å². The summed E-state index contributed by atoms with van der Waals surface area (Å²) in [5.41, 5.74) is 6.31. The second-order valence-corrected chi connectivity index (χ2v) is 5.76. The van der Waals surface area contributed by atoms with Gasteiger partial charge in [0.15, 0.2) is 0 Å². The molecule has 112 valence electrons. The summed E-state index contributed by atoms with van der Waals surface area (Å²) in [5, 5.41) is 3.39. The lowest BCUT2D eigenvalue weighted by Gasteiger charge is -2.17. The van der Waals surface area contributed by atoms with Crippen molar-refractivity contribution < 1.29 is 9.53 Å². The normalized spacial score (nSPS) is 12.3. The van der Waals surface area contributed by atoms with E-state index >= 15 is 0 Å². The van der Waals surface area contributed by atoms with Crippen molar-refractivity contribution in [3.8, 4) is 5.75 Å². The Morgan fingerprint density at radius 2 is 2.15 bits per heavy atom. The number of anilines is 1. The highest BCUT2D eigenvalue weighted by Crippen LogP contribution is 2.28. The third-order valence-electron chi connectivity index (χ3n) is 3.05. The fourth-order valence-electron chi connectivity index (χ4n) is 2.17. The Kier molecular flexibility index (Phi) is 6.82. The zero-order valence-corrected chi connectivity index (χ0v) is 13.0. The molecule has 0 aliphatic heterocycles. The molecule has 0 heterocycles. The quantitative estimate of drug-likeness (QED) is 0.812. The van der Waals surface area contributed by atoms with Gasteiger partial charge in [-0.05, 0) is 43.0 Å². The maximum absolute atomic E-state index is 12.1. The number of methoxy groups -OCH3 is 1. The second-order valence-electron chi connectivity index (χ2n) is 5.33. The number of benzene rings is 1. The van der Waals surface area contributed by atoms with E-state index in [1.807, 2.05) is 0 Å². The molecular weight excluding hydrogens is 276 g/mol. The van der Waals surface area contributed by atoms with E-state index in [1.54, 1.807) is 25.3 Å². The Morgan fingerprint density at radius 1 is 1.45 bits per heavy atom. The first-order valence-electron chi connectivity index (χ1n) is 6.79. The molecule has 0 bridgehead atoms. The van der Waals surface area contributed by atoms with Crippen molar-refractivity contribution in [1.82, 2.24) is 0 Å². The first-order valence-corrected chi connectivity index (χ1v) is 7.17. The van der Waals surface area contributed by atoms with Gasteiger partial charge in [0.25, 0.3) is 0 Å². The highest BCUT2D eigenvalue weighted by atomic mass is 35.5. The van der Waals surface area contributed by atoms with Gasteiger partial charge in [-0.2, -0.15) is 0 Å². The largest absolute Gasteiger partial charge is 0.495 e. The number of amides is 1. The van der Waals surface area contributed by atoms with Gasteiger partial charge in [-0.15, -0.1) is 0 Å². The Bertz CT molecular complexity index is 449. The van der Waals surface area contributed by atoms with Crippen molar-refractivity contribution in [1.29, 1.82) is 0 Å². The van der Waals surface area contributed by atoms with E-state index in [0.717, 1.165) is 6.42 Å². The van der Waals surface area contributed by atoms with E-state index in [9.17, 15) is 4.79 Å². The van der Waals surface area contributed by atoms with E-state index in [-0.39, 0.29) is 11.8 Å². The van der Waals surface area contributed by atoms with Gasteiger partial charge in [0.05, 0.1) is 12.8 Å². The second kappa shape index (κ2) is 8.12. The topological polar surface area (TPSA) is 64.3 Å². The molecule has 0 saturated heterocycles. The zero-order chi connectivity index (χ0) is 15.1. The van der Waals surface area contributed by atoms with E-state index in [4.69, 9.17) is 22.1 Å². The fourth-order valence-corrected chi connectivity index (χ4v) is 2.34. The van der Waals surface area contributed by atoms with Crippen LogP contribution in [0.5, 0.6) is 5.75 Å². The van der Waals surface area contributed by atoms with Gasteiger partial charge in [0.2, 0.25) is 5.91 Å². The first-order chi connectivity index (χ1) is 9.46. The van der Waals surface area contributed by atoms with Gasteiger partial charge in [0, 0.05) is 11.4 Å². The molecule has 5 heteroatoms. The Labute approximate surface area is 125 Å². The average molecular weight is 299 g/mol. The lowest BCUT2D eigenvalue weighted by atomic mass is 9.94. The molecule has 1 rings (SSSR count). The molecule has 4 nitrogen and oxygen atoms in total. The summed E-state index contributed by atoms with van der Waals surface area (Å²) < 4.78 is 5.20. The molecule has 0 radical (unpaired) electrons. The van der Waals surface area contributed by atoms with Gasteiger partial charge in [-0.25, -0.2) is 0 Å². The number of nitrogens with one attached hydrogen (secondary N) is 1. The Hall–Kier alpha value is -1.26. The van der Waals surface area contributed by atoms with E-state index in [0.29, 0.717) is 35.3 Å². The molecule has 1 aromatic rings. The smallest absolute Gasteiger partial charge is 0.224 e. The fraction of sp³-hybridized carbons (Fsp3) is 0.533. The summed E-state index contributed by atoms with van der Waals surface area (Å²) in [7, 11) is 1.56. The van der Waals surface area contributed by atoms with Crippen LogP contribution in [0.25, 0.3) is 0 Å². The molecular formula is C15H23ClN2O2. The molecule has 0 aliphatic carbocycles. The van der Waals surface area contributed by atoms with Crippen molar-refractivity contribution in [2.75, 3.05) is 19.0 Å². The molecule has 1 atom stereocenters. The maximum Gasteiger partial charge on any atom is 0.224 e. The standard InChI is InChI=1S/C15H23ClN2O2/c1-10(2)6-11(9-17)7-15(19)18-13-8-12(16)4-5-14(13)20-3/h4-5,8,10-11H,6-7,9,17H2,1-3H3,(H,18,19)/t11-/m0/s1. The summed E-state index contributed by atoms with van der Waals surface area (Å²) in [6.45, 7) is 4.76. The van der Waals surface area contributed by atoms with Gasteiger partial charge in [-0.3, -0.25) is 4.79 Å². The number of carbonyl (C=O) groups is 1. The molecule has 3 N–H and O–H groups in total. The molecule has 0 aromatic heterocycles. The highest BCUT2D eigenvalue weighted by molar-refractivity contribution is 6.31. The average Bonchev–Trinajstić information content (AvgIpc) is 2.37. The number of nitrogens with two attached hydrogens (primary N) is 1. The predicted octanol–water partition coefficient (Wildman–Crippen LogP) is 3.30. The number of hydrogen-bond donors (Lipinski definition) is 2. The van der Waals surface area contributed by atoms with Crippen molar-refractivity contribution in [2.24, 2.45) is 17.6 Å². The van der Waals surface area contributed by atoms with Crippen LogP contribution >= 0.6 is 11.6 Å². The number of hydrogen-bond acceptors (Lipinski definition) is 3. The molecule has 0 aliphatic rings. The highest BCUT2D eigenvalue weighted by Gasteiger charge is 2.15. The predicted molar refractivity (Wildman–Crippen MR) is 83.3 cm³/mol. The third kappa shape index (κ3) is 5.39. The zero-order valence-electron chi connectivity index (χ0n) is 12.3. The number of halogens is 1. The van der Waals surface area contributed by atoms with Crippen LogP contribution < -0.4 is 15.8 Å². The van der Waals surface area contributed by atoms with Crippen LogP contribution in [0.4, 0.5) is 5.69 Å². The lowest BCUT2D eigenvalue weighted by molar-refractivity contribution is -0.117. The summed E-state index contributed by atoms with van der Waals surface area (Å²) in [4.78, 5) is 12.1. The number of carbonyl (C=O) groups excluding carboxylic acids is 1. The summed E-state index contributed by atoms with van der Waals surface area (Å²) in [6, 6.07) is 5.13. The lowest BCUT2D eigenvalue weighted by Crippen LogP contribution is -2.23. The summed E-state index contributed by atoms with van der Waals surface area (Å²) >= 11 is 5.93. The van der Waals surface area contributed by atoms with Crippen LogP contribution in [0.2, 0.25) is 5.02 Å². The molecule has 20 heavy (non-hydrogen) atoms. The maximum atomic E-state index is 12.1. The minimum Gasteiger partial charge on any atom is -0.495 e. The minimum atomic E-state index is -0.0679. The molecule has 1 aromatic carbocycles. The van der Waals surface area contributed by atoms with Gasteiger partial charge >= 0.3 is 0 Å². The van der Waals surface area contributed by atoms with E-state index in [1.165, 1.54) is 0 Å².